The van der Waals surface area contributed by atoms with Crippen LogP contribution in [0.4, 0.5) is 4.39 Å². The van der Waals surface area contributed by atoms with E-state index in [0.29, 0.717) is 0 Å². The number of hydrogen-bond donors (Lipinski definition) is 1. The van der Waals surface area contributed by atoms with Gasteiger partial charge in [0.2, 0.25) is 0 Å². The monoisotopic (exact) mass is 283 g/mol. The van der Waals surface area contributed by atoms with Crippen molar-refractivity contribution in [1.29, 1.82) is 0 Å². The topological polar surface area (TPSA) is 12.0 Å². The average molecular weight is 283 g/mol. The molecule has 3 rings (SSSR count). The fraction of sp³-hybridized carbons (Fsp3) is 0.368. The summed E-state index contributed by atoms with van der Waals surface area (Å²) < 4.78 is 13.0. The molecule has 1 nitrogen and oxygen atoms in total. The van der Waals surface area contributed by atoms with Gasteiger partial charge in [0.1, 0.15) is 5.82 Å². The fourth-order valence-electron chi connectivity index (χ4n) is 2.98. The maximum atomic E-state index is 13.0. The van der Waals surface area contributed by atoms with E-state index in [1.807, 2.05) is 19.2 Å². The fourth-order valence-corrected chi connectivity index (χ4v) is 2.98. The Bertz CT molecular complexity index is 570. The first-order valence-corrected chi connectivity index (χ1v) is 7.78. The van der Waals surface area contributed by atoms with Gasteiger partial charge in [-0.3, -0.25) is 0 Å². The van der Waals surface area contributed by atoms with Gasteiger partial charge in [-0.25, -0.2) is 4.39 Å². The molecule has 2 aromatic rings. The third-order valence-electron chi connectivity index (χ3n) is 4.62. The summed E-state index contributed by atoms with van der Waals surface area (Å²) in [5.74, 6) is 0.605. The smallest absolute Gasteiger partial charge is 0.123 e. The van der Waals surface area contributed by atoms with Crippen LogP contribution in [-0.2, 0) is 6.42 Å². The van der Waals surface area contributed by atoms with Crippen molar-refractivity contribution < 1.29 is 4.39 Å². The lowest BCUT2D eigenvalue weighted by molar-refractivity contribution is 0.419. The summed E-state index contributed by atoms with van der Waals surface area (Å²) in [5.41, 5.74) is 3.92. The van der Waals surface area contributed by atoms with Crippen LogP contribution in [0.25, 0.3) is 0 Å². The van der Waals surface area contributed by atoms with E-state index in [-0.39, 0.29) is 11.9 Å². The highest BCUT2D eigenvalue weighted by molar-refractivity contribution is 5.30. The maximum absolute atomic E-state index is 13.0. The number of hydrogen-bond acceptors (Lipinski definition) is 1. The minimum atomic E-state index is -0.176. The van der Waals surface area contributed by atoms with Crippen LogP contribution in [0.2, 0.25) is 0 Å². The molecule has 0 aromatic heterocycles. The van der Waals surface area contributed by atoms with Crippen molar-refractivity contribution in [3.05, 3.63) is 71.0 Å². The molecule has 0 amide bonds. The number of benzene rings is 2. The van der Waals surface area contributed by atoms with Crippen molar-refractivity contribution >= 4 is 0 Å². The van der Waals surface area contributed by atoms with Gasteiger partial charge in [0.05, 0.1) is 0 Å². The molecule has 0 bridgehead atoms. The molecular weight excluding hydrogens is 261 g/mol. The molecule has 0 spiro atoms. The first-order valence-electron chi connectivity index (χ1n) is 7.78. The summed E-state index contributed by atoms with van der Waals surface area (Å²) in [5, 5.41) is 3.36. The third kappa shape index (κ3) is 3.33. The highest BCUT2D eigenvalue weighted by atomic mass is 19.1. The van der Waals surface area contributed by atoms with E-state index in [1.165, 1.54) is 42.5 Å². The average Bonchev–Trinajstić information content (AvgIpc) is 2.46. The maximum Gasteiger partial charge on any atom is 0.123 e. The van der Waals surface area contributed by atoms with Crippen molar-refractivity contribution in [2.75, 3.05) is 7.05 Å². The Morgan fingerprint density at radius 3 is 2.24 bits per heavy atom. The van der Waals surface area contributed by atoms with Crippen LogP contribution in [0.15, 0.2) is 48.5 Å². The van der Waals surface area contributed by atoms with Crippen LogP contribution < -0.4 is 5.32 Å². The van der Waals surface area contributed by atoms with Crippen molar-refractivity contribution in [1.82, 2.24) is 5.32 Å². The summed E-state index contributed by atoms with van der Waals surface area (Å²) in [6.07, 6.45) is 4.92. The highest BCUT2D eigenvalue weighted by Crippen LogP contribution is 2.36. The van der Waals surface area contributed by atoms with Crippen molar-refractivity contribution in [2.45, 2.75) is 37.6 Å². The summed E-state index contributed by atoms with van der Waals surface area (Å²) in [6, 6.07) is 16.1. The molecule has 1 fully saturated rings. The van der Waals surface area contributed by atoms with Crippen molar-refractivity contribution in [2.24, 2.45) is 0 Å². The molecule has 1 aliphatic rings. The molecular formula is C19H22FN. The number of rotatable bonds is 5. The highest BCUT2D eigenvalue weighted by Gasteiger charge is 2.19. The van der Waals surface area contributed by atoms with Gasteiger partial charge in [-0.1, -0.05) is 42.8 Å². The molecule has 1 unspecified atom stereocenters. The Kier molecular flexibility index (Phi) is 4.35. The third-order valence-corrected chi connectivity index (χ3v) is 4.62. The Labute approximate surface area is 126 Å². The van der Waals surface area contributed by atoms with E-state index in [2.05, 4.69) is 29.6 Å². The molecule has 2 heteroatoms. The summed E-state index contributed by atoms with van der Waals surface area (Å²) in [7, 11) is 1.98. The quantitative estimate of drug-likeness (QED) is 0.846. The van der Waals surface area contributed by atoms with Gasteiger partial charge in [0, 0.05) is 6.04 Å². The van der Waals surface area contributed by atoms with Crippen LogP contribution in [-0.4, -0.2) is 7.05 Å². The zero-order valence-electron chi connectivity index (χ0n) is 12.5. The first-order chi connectivity index (χ1) is 10.3. The minimum absolute atomic E-state index is 0.176. The molecule has 0 heterocycles. The summed E-state index contributed by atoms with van der Waals surface area (Å²) in [4.78, 5) is 0. The minimum Gasteiger partial charge on any atom is -0.313 e. The Morgan fingerprint density at radius 2 is 1.71 bits per heavy atom. The Hall–Kier alpha value is -1.67. The molecule has 110 valence electrons. The van der Waals surface area contributed by atoms with Crippen molar-refractivity contribution in [3.63, 3.8) is 0 Å². The molecule has 0 radical (unpaired) electrons. The van der Waals surface area contributed by atoms with Gasteiger partial charge < -0.3 is 5.32 Å². The lowest BCUT2D eigenvalue weighted by atomic mass is 9.79. The van der Waals surface area contributed by atoms with Gasteiger partial charge in [0.25, 0.3) is 0 Å². The summed E-state index contributed by atoms with van der Waals surface area (Å²) >= 11 is 0. The second kappa shape index (κ2) is 6.40. The predicted molar refractivity (Wildman–Crippen MR) is 84.9 cm³/mol. The van der Waals surface area contributed by atoms with Gasteiger partial charge in [0.15, 0.2) is 0 Å². The summed E-state index contributed by atoms with van der Waals surface area (Å²) in [6.45, 7) is 0. The van der Waals surface area contributed by atoms with E-state index in [4.69, 9.17) is 0 Å². The Morgan fingerprint density at radius 1 is 1.05 bits per heavy atom. The van der Waals surface area contributed by atoms with E-state index in [9.17, 15) is 4.39 Å². The normalized spacial score (nSPS) is 16.5. The predicted octanol–water partition coefficient (Wildman–Crippen LogP) is 4.60. The van der Waals surface area contributed by atoms with Gasteiger partial charge in [-0.2, -0.15) is 0 Å². The van der Waals surface area contributed by atoms with Crippen LogP contribution >= 0.6 is 0 Å². The lowest BCUT2D eigenvalue weighted by Crippen LogP contribution is -2.19. The zero-order valence-corrected chi connectivity index (χ0v) is 12.5. The molecule has 2 aromatic carbocycles. The first kappa shape index (κ1) is 14.3. The zero-order chi connectivity index (χ0) is 14.7. The van der Waals surface area contributed by atoms with Crippen LogP contribution in [0.5, 0.6) is 0 Å². The van der Waals surface area contributed by atoms with E-state index in [1.54, 1.807) is 0 Å². The van der Waals surface area contributed by atoms with Gasteiger partial charge >= 0.3 is 0 Å². The second-order valence-electron chi connectivity index (χ2n) is 5.97. The lowest BCUT2D eigenvalue weighted by Gasteiger charge is -2.26. The van der Waals surface area contributed by atoms with E-state index >= 15 is 0 Å². The van der Waals surface area contributed by atoms with Crippen molar-refractivity contribution in [3.8, 4) is 0 Å². The number of halogens is 1. The SMILES string of the molecule is CNC(Cc1ccc(F)cc1)c1ccc(C2CCC2)cc1. The van der Waals surface area contributed by atoms with E-state index in [0.717, 1.165) is 17.9 Å². The van der Waals surface area contributed by atoms with Gasteiger partial charge in [-0.15, -0.1) is 0 Å². The number of likely N-dealkylation sites (N-methyl/N-ethyl adjacent to an activating group) is 1. The molecule has 0 aliphatic heterocycles. The molecule has 1 aliphatic carbocycles. The molecule has 0 saturated heterocycles. The van der Waals surface area contributed by atoms with Crippen LogP contribution in [0.1, 0.15) is 47.9 Å². The van der Waals surface area contributed by atoms with Crippen LogP contribution in [0, 0.1) is 5.82 Å². The largest absolute Gasteiger partial charge is 0.313 e. The molecule has 21 heavy (non-hydrogen) atoms. The molecule has 1 saturated carbocycles. The molecule has 1 N–H and O–H groups in total. The molecule has 1 atom stereocenters. The second-order valence-corrected chi connectivity index (χ2v) is 5.97. The van der Waals surface area contributed by atoms with Crippen LogP contribution in [0.3, 0.4) is 0 Å². The number of nitrogens with one attached hydrogen (secondary N) is 1. The van der Waals surface area contributed by atoms with E-state index < -0.39 is 0 Å². The standard InChI is InChI=1S/C19H22FN/c1-21-19(13-14-5-11-18(20)12-6-14)17-9-7-16(8-10-17)15-3-2-4-15/h5-12,15,19,21H,2-4,13H2,1H3. The Balaban J connectivity index is 1.71. The van der Waals surface area contributed by atoms with Gasteiger partial charge in [-0.05, 0) is 61.1 Å².